The smallest absolute Gasteiger partial charge is 0.290 e. The van der Waals surface area contributed by atoms with Crippen LogP contribution in [-0.2, 0) is 7.05 Å². The summed E-state index contributed by atoms with van der Waals surface area (Å²) in [4.78, 5) is 61.3. The molecule has 3 N–H and O–H groups in total. The highest BCUT2D eigenvalue weighted by Crippen LogP contribution is 2.10. The van der Waals surface area contributed by atoms with Crippen molar-refractivity contribution >= 4 is 22.3 Å². The zero-order valence-electron chi connectivity index (χ0n) is 11.5. The van der Waals surface area contributed by atoms with Gasteiger partial charge in [0.1, 0.15) is 12.7 Å². The van der Waals surface area contributed by atoms with E-state index in [4.69, 9.17) is 0 Å². The van der Waals surface area contributed by atoms with Crippen molar-refractivity contribution in [3.63, 3.8) is 0 Å². The van der Waals surface area contributed by atoms with Crippen LogP contribution in [0.2, 0.25) is 0 Å². The molecule has 0 radical (unpaired) electrons. The van der Waals surface area contributed by atoms with Crippen LogP contribution in [0.25, 0.3) is 22.3 Å². The number of nitrogens with zero attached hydrogens (tertiary/aromatic N) is 5. The maximum absolute atomic E-state index is 11.8. The second-order valence-corrected chi connectivity index (χ2v) is 4.77. The number of nitrogens with one attached hydrogen (secondary N) is 3. The lowest BCUT2D eigenvalue weighted by Gasteiger charge is -2.07. The van der Waals surface area contributed by atoms with E-state index in [1.165, 1.54) is 33.6 Å². The Kier molecular flexibility index (Phi) is 2.35. The molecule has 4 aromatic rings. The number of hydrogen-bond acceptors (Lipinski definition) is 6. The van der Waals surface area contributed by atoms with Gasteiger partial charge in [-0.3, -0.25) is 29.1 Å². The first-order valence-corrected chi connectivity index (χ1v) is 6.34. The lowest BCUT2D eigenvalue weighted by atomic mass is 10.5. The van der Waals surface area contributed by atoms with Crippen molar-refractivity contribution in [2.75, 3.05) is 0 Å². The highest BCUT2D eigenvalue weighted by atomic mass is 16.2. The molecule has 0 unspecified atom stereocenters. The van der Waals surface area contributed by atoms with Gasteiger partial charge in [-0.15, -0.1) is 0 Å². The molecule has 0 saturated carbocycles. The van der Waals surface area contributed by atoms with Crippen molar-refractivity contribution < 1.29 is 0 Å². The van der Waals surface area contributed by atoms with Crippen LogP contribution in [0.3, 0.4) is 0 Å². The molecule has 0 aliphatic heterocycles. The number of hydrogen-bond donors (Lipinski definition) is 3. The van der Waals surface area contributed by atoms with Gasteiger partial charge in [-0.2, -0.15) is 0 Å². The molecule has 0 atom stereocenters. The van der Waals surface area contributed by atoms with Crippen LogP contribution in [0.15, 0.2) is 31.8 Å². The van der Waals surface area contributed by atoms with Gasteiger partial charge < -0.3 is 0 Å². The molecule has 0 aliphatic carbocycles. The molecule has 0 aliphatic rings. The van der Waals surface area contributed by atoms with Crippen LogP contribution in [0.5, 0.6) is 0 Å². The number of aromatic nitrogens is 8. The molecule has 0 aromatic carbocycles. The molecule has 4 heterocycles. The zero-order chi connectivity index (χ0) is 16.3. The van der Waals surface area contributed by atoms with Crippen molar-refractivity contribution in [1.29, 1.82) is 0 Å². The average Bonchev–Trinajstić information content (AvgIpc) is 3.08. The van der Waals surface area contributed by atoms with Crippen LogP contribution in [0.4, 0.5) is 0 Å². The van der Waals surface area contributed by atoms with Crippen molar-refractivity contribution in [1.82, 2.24) is 38.8 Å². The van der Waals surface area contributed by atoms with E-state index < -0.39 is 22.5 Å². The average molecular weight is 316 g/mol. The summed E-state index contributed by atoms with van der Waals surface area (Å²) >= 11 is 0. The minimum atomic E-state index is -0.708. The summed E-state index contributed by atoms with van der Waals surface area (Å²) < 4.78 is 3.82. The van der Waals surface area contributed by atoms with Gasteiger partial charge in [-0.1, -0.05) is 0 Å². The molecule has 12 nitrogen and oxygen atoms in total. The minimum Gasteiger partial charge on any atom is -0.290 e. The van der Waals surface area contributed by atoms with E-state index in [2.05, 4.69) is 24.9 Å². The highest BCUT2D eigenvalue weighted by Gasteiger charge is 2.15. The number of aryl methyl sites for hydroxylation is 1. The Morgan fingerprint density at radius 1 is 0.870 bits per heavy atom. The van der Waals surface area contributed by atoms with Gasteiger partial charge in [-0.05, 0) is 0 Å². The number of fused-ring (bicyclic) bond motifs is 2. The number of imidazole rings is 2. The molecule has 116 valence electrons. The maximum Gasteiger partial charge on any atom is 0.329 e. The van der Waals surface area contributed by atoms with Crippen LogP contribution >= 0.6 is 0 Å². The second kappa shape index (κ2) is 4.16. The fourth-order valence-corrected chi connectivity index (χ4v) is 2.39. The Balaban J connectivity index is 2.20. The Hall–Kier alpha value is -3.70. The fourth-order valence-electron chi connectivity index (χ4n) is 2.39. The van der Waals surface area contributed by atoms with Gasteiger partial charge in [-0.25, -0.2) is 28.9 Å². The van der Waals surface area contributed by atoms with E-state index in [1.54, 1.807) is 0 Å². The van der Waals surface area contributed by atoms with Gasteiger partial charge >= 0.3 is 11.4 Å². The lowest BCUT2D eigenvalue weighted by molar-refractivity contribution is 0.663. The van der Waals surface area contributed by atoms with Crippen LogP contribution < -0.4 is 22.5 Å². The molecule has 4 rings (SSSR count). The summed E-state index contributed by atoms with van der Waals surface area (Å²) in [7, 11) is 1.45. The fraction of sp³-hybridized carbons (Fsp3) is 0.0909. The summed E-state index contributed by atoms with van der Waals surface area (Å²) in [6.07, 6.45) is 2.54. The van der Waals surface area contributed by atoms with E-state index in [0.29, 0.717) is 0 Å². The molecule has 23 heavy (non-hydrogen) atoms. The summed E-state index contributed by atoms with van der Waals surface area (Å²) in [5, 5.41) is 0. The van der Waals surface area contributed by atoms with Crippen molar-refractivity contribution in [2.45, 2.75) is 0 Å². The normalized spacial score (nSPS) is 11.5. The molecule has 0 fully saturated rings. The van der Waals surface area contributed by atoms with Gasteiger partial charge in [0.05, 0.1) is 0 Å². The summed E-state index contributed by atoms with van der Waals surface area (Å²) in [6, 6.07) is 0. The first-order chi connectivity index (χ1) is 11.0. The van der Waals surface area contributed by atoms with Crippen LogP contribution in [-0.4, -0.2) is 38.8 Å². The van der Waals surface area contributed by atoms with Crippen LogP contribution in [0, 0.1) is 0 Å². The molecular weight excluding hydrogens is 308 g/mol. The molecule has 0 spiro atoms. The number of H-pyrrole nitrogens is 3. The third-order valence-corrected chi connectivity index (χ3v) is 3.44. The van der Waals surface area contributed by atoms with Gasteiger partial charge in [0.25, 0.3) is 11.1 Å². The third-order valence-electron chi connectivity index (χ3n) is 3.44. The zero-order valence-corrected chi connectivity index (χ0v) is 11.5. The Morgan fingerprint density at radius 2 is 1.52 bits per heavy atom. The largest absolute Gasteiger partial charge is 0.329 e. The molecular formula is C11H8N8O4. The topological polar surface area (TPSA) is 156 Å². The van der Waals surface area contributed by atoms with E-state index in [9.17, 15) is 19.2 Å². The van der Waals surface area contributed by atoms with Gasteiger partial charge in [0, 0.05) is 7.05 Å². The third kappa shape index (κ3) is 1.65. The second-order valence-electron chi connectivity index (χ2n) is 4.77. The quantitative estimate of drug-likeness (QED) is 0.351. The summed E-state index contributed by atoms with van der Waals surface area (Å²) in [5.74, 6) is 0. The van der Waals surface area contributed by atoms with E-state index in [1.807, 2.05) is 0 Å². The molecule has 12 heteroatoms. The minimum absolute atomic E-state index is 0.00119. The summed E-state index contributed by atoms with van der Waals surface area (Å²) in [6.45, 7) is 0. The molecule has 0 bridgehead atoms. The van der Waals surface area contributed by atoms with E-state index in [-0.39, 0.29) is 22.3 Å². The SMILES string of the molecule is Cn1c(=O)[nH]c(=O)c2ncn(-n3cnc4c(=O)[nH]c(=O)[nH]c43)c21. The standard InChI is InChI=1S/C11H8N8O4/c1-17-9-5(8(21)16-11(17)23)13-3-19(9)18-2-12-4-6(18)14-10(22)15-7(4)20/h2-3H,1H3,(H,16,21,23)(H2,14,15,20,22). The Bertz CT molecular complexity index is 1310. The number of aromatic amines is 3. The lowest BCUT2D eigenvalue weighted by Crippen LogP contribution is -2.30. The molecule has 4 aromatic heterocycles. The summed E-state index contributed by atoms with van der Waals surface area (Å²) in [5.41, 5.74) is -2.32. The first kappa shape index (κ1) is 13.0. The maximum atomic E-state index is 11.8. The van der Waals surface area contributed by atoms with Crippen molar-refractivity contribution in [3.05, 3.63) is 54.3 Å². The predicted molar refractivity (Wildman–Crippen MR) is 77.4 cm³/mol. The number of rotatable bonds is 1. The predicted octanol–water partition coefficient (Wildman–Crippen LogP) is -2.54. The van der Waals surface area contributed by atoms with Crippen molar-refractivity contribution in [2.24, 2.45) is 7.05 Å². The molecule has 0 amide bonds. The van der Waals surface area contributed by atoms with Gasteiger partial charge in [0.2, 0.25) is 0 Å². The van der Waals surface area contributed by atoms with Gasteiger partial charge in [0.15, 0.2) is 22.3 Å². The highest BCUT2D eigenvalue weighted by molar-refractivity contribution is 5.72. The monoisotopic (exact) mass is 316 g/mol. The Labute approximate surface area is 123 Å². The van der Waals surface area contributed by atoms with E-state index >= 15 is 0 Å². The van der Waals surface area contributed by atoms with Crippen LogP contribution in [0.1, 0.15) is 0 Å². The Morgan fingerprint density at radius 3 is 2.30 bits per heavy atom. The van der Waals surface area contributed by atoms with Crippen molar-refractivity contribution in [3.8, 4) is 0 Å². The first-order valence-electron chi connectivity index (χ1n) is 6.34. The molecule has 0 saturated heterocycles. The van der Waals surface area contributed by atoms with E-state index in [0.717, 1.165) is 0 Å².